The van der Waals surface area contributed by atoms with Crippen LogP contribution in [0.5, 0.6) is 0 Å². The van der Waals surface area contributed by atoms with Gasteiger partial charge in [0.2, 0.25) is 0 Å². The van der Waals surface area contributed by atoms with Crippen LogP contribution in [0.1, 0.15) is 18.2 Å². The number of aromatic nitrogens is 1. The van der Waals surface area contributed by atoms with Crippen molar-refractivity contribution < 1.29 is 0 Å². The predicted octanol–water partition coefficient (Wildman–Crippen LogP) is 3.27. The Hall–Kier alpha value is -1.74. The van der Waals surface area contributed by atoms with Crippen LogP contribution >= 0.6 is 11.6 Å². The molecule has 4 heteroatoms. The van der Waals surface area contributed by atoms with E-state index in [9.17, 15) is 0 Å². The van der Waals surface area contributed by atoms with Crippen LogP contribution in [0.2, 0.25) is 5.02 Å². The third-order valence-electron chi connectivity index (χ3n) is 3.61. The maximum Gasteiger partial charge on any atom is 0.123 e. The molecule has 98 valence electrons. The van der Waals surface area contributed by atoms with Gasteiger partial charge in [-0.15, -0.1) is 0 Å². The van der Waals surface area contributed by atoms with E-state index in [0.29, 0.717) is 23.4 Å². The van der Waals surface area contributed by atoms with E-state index in [-0.39, 0.29) is 0 Å². The molecule has 2 heterocycles. The van der Waals surface area contributed by atoms with E-state index < -0.39 is 0 Å². The van der Waals surface area contributed by atoms with E-state index in [1.807, 2.05) is 6.07 Å². The molecule has 0 radical (unpaired) electrons. The molecule has 0 saturated heterocycles. The summed E-state index contributed by atoms with van der Waals surface area (Å²) in [5.41, 5.74) is 9.24. The number of anilines is 2. The van der Waals surface area contributed by atoms with E-state index >= 15 is 0 Å². The third-order valence-corrected chi connectivity index (χ3v) is 3.95. The number of nitrogens with two attached hydrogens (primary N) is 1. The van der Waals surface area contributed by atoms with Gasteiger partial charge >= 0.3 is 0 Å². The Labute approximate surface area is 118 Å². The molecule has 2 N–H and O–H groups in total. The smallest absolute Gasteiger partial charge is 0.123 e. The molecule has 1 aromatic heterocycles. The molecule has 0 bridgehead atoms. The van der Waals surface area contributed by atoms with Gasteiger partial charge in [-0.1, -0.05) is 29.8 Å². The molecule has 3 nitrogen and oxygen atoms in total. The number of rotatable bonds is 2. The molecular weight excluding hydrogens is 258 g/mol. The molecule has 0 aliphatic carbocycles. The van der Waals surface area contributed by atoms with E-state index in [0.717, 1.165) is 12.1 Å². The Balaban J connectivity index is 1.93. The lowest BCUT2D eigenvalue weighted by atomic mass is 10.1. The lowest BCUT2D eigenvalue weighted by Gasteiger charge is -2.25. The summed E-state index contributed by atoms with van der Waals surface area (Å²) in [4.78, 5) is 6.68. The molecule has 1 unspecified atom stereocenters. The van der Waals surface area contributed by atoms with Crippen LogP contribution in [-0.4, -0.2) is 11.0 Å². The second kappa shape index (κ2) is 4.74. The normalized spacial score (nSPS) is 17.6. The average Bonchev–Trinajstić information content (AvgIpc) is 2.71. The second-order valence-electron chi connectivity index (χ2n) is 4.97. The molecular formula is C15H16ClN3. The largest absolute Gasteiger partial charge is 0.384 e. The zero-order valence-electron chi connectivity index (χ0n) is 10.8. The fraction of sp³-hybridized carbons (Fsp3) is 0.267. The number of nitrogen functional groups attached to an aromatic ring is 1. The number of halogens is 1. The highest BCUT2D eigenvalue weighted by Crippen LogP contribution is 2.33. The standard InChI is InChI=1S/C15H16ClN3/c1-10-8-11-4-2-3-5-14(11)19(10)9-13-12(16)6-7-15(17)18-13/h2-7,10H,8-9H2,1H3,(H2,17,18). The Bertz CT molecular complexity index is 612. The molecule has 1 atom stereocenters. The van der Waals surface area contributed by atoms with Gasteiger partial charge < -0.3 is 10.6 Å². The van der Waals surface area contributed by atoms with Gasteiger partial charge in [0.1, 0.15) is 5.82 Å². The van der Waals surface area contributed by atoms with Crippen LogP contribution < -0.4 is 10.6 Å². The molecule has 3 rings (SSSR count). The Morgan fingerprint density at radius 2 is 2.11 bits per heavy atom. The van der Waals surface area contributed by atoms with E-state index in [4.69, 9.17) is 17.3 Å². The number of benzene rings is 1. The summed E-state index contributed by atoms with van der Waals surface area (Å²) in [7, 11) is 0. The molecule has 0 spiro atoms. The van der Waals surface area contributed by atoms with Gasteiger partial charge in [-0.05, 0) is 37.1 Å². The van der Waals surface area contributed by atoms with Gasteiger partial charge in [0.25, 0.3) is 0 Å². The molecule has 0 saturated carbocycles. The highest BCUT2D eigenvalue weighted by molar-refractivity contribution is 6.31. The SMILES string of the molecule is CC1Cc2ccccc2N1Cc1nc(N)ccc1Cl. The number of fused-ring (bicyclic) bond motifs is 1. The van der Waals surface area contributed by atoms with Crippen LogP contribution in [0.15, 0.2) is 36.4 Å². The minimum atomic E-state index is 0.455. The van der Waals surface area contributed by atoms with Crippen molar-refractivity contribution in [3.05, 3.63) is 52.7 Å². The van der Waals surface area contributed by atoms with Crippen molar-refractivity contribution in [2.24, 2.45) is 0 Å². The number of para-hydroxylation sites is 1. The zero-order valence-corrected chi connectivity index (χ0v) is 11.6. The molecule has 0 amide bonds. The van der Waals surface area contributed by atoms with E-state index in [1.165, 1.54) is 11.3 Å². The molecule has 0 fully saturated rings. The van der Waals surface area contributed by atoms with Crippen LogP contribution in [-0.2, 0) is 13.0 Å². The Morgan fingerprint density at radius 1 is 1.32 bits per heavy atom. The monoisotopic (exact) mass is 273 g/mol. The average molecular weight is 274 g/mol. The number of hydrogen-bond acceptors (Lipinski definition) is 3. The number of pyridine rings is 1. The fourth-order valence-corrected chi connectivity index (χ4v) is 2.81. The molecule has 1 aliphatic heterocycles. The summed E-state index contributed by atoms with van der Waals surface area (Å²) in [6, 6.07) is 12.5. The van der Waals surface area contributed by atoms with Crippen LogP contribution in [0.3, 0.4) is 0 Å². The van der Waals surface area contributed by atoms with Gasteiger partial charge in [-0.25, -0.2) is 4.98 Å². The van der Waals surface area contributed by atoms with Crippen molar-refractivity contribution >= 4 is 23.1 Å². The van der Waals surface area contributed by atoms with Crippen molar-refractivity contribution in [1.29, 1.82) is 0 Å². The highest BCUT2D eigenvalue weighted by atomic mass is 35.5. The van der Waals surface area contributed by atoms with Crippen molar-refractivity contribution in [3.63, 3.8) is 0 Å². The quantitative estimate of drug-likeness (QED) is 0.913. The molecule has 1 aliphatic rings. The van der Waals surface area contributed by atoms with Crippen molar-refractivity contribution in [2.45, 2.75) is 25.9 Å². The first-order valence-corrected chi connectivity index (χ1v) is 6.78. The lowest BCUT2D eigenvalue weighted by Crippen LogP contribution is -2.29. The summed E-state index contributed by atoms with van der Waals surface area (Å²) in [6.07, 6.45) is 1.07. The predicted molar refractivity (Wildman–Crippen MR) is 79.5 cm³/mol. The van der Waals surface area contributed by atoms with Gasteiger partial charge in [0.15, 0.2) is 0 Å². The maximum atomic E-state index is 6.20. The summed E-state index contributed by atoms with van der Waals surface area (Å²) in [5, 5.41) is 0.672. The molecule has 2 aromatic rings. The van der Waals surface area contributed by atoms with Crippen molar-refractivity contribution in [1.82, 2.24) is 4.98 Å². The van der Waals surface area contributed by atoms with Crippen molar-refractivity contribution in [2.75, 3.05) is 10.6 Å². The first-order valence-electron chi connectivity index (χ1n) is 6.40. The van der Waals surface area contributed by atoms with Gasteiger partial charge in [0.05, 0.1) is 17.3 Å². The van der Waals surface area contributed by atoms with Crippen LogP contribution in [0.4, 0.5) is 11.5 Å². The number of hydrogen-bond donors (Lipinski definition) is 1. The first-order chi connectivity index (χ1) is 9.15. The number of nitrogens with zero attached hydrogens (tertiary/aromatic N) is 2. The van der Waals surface area contributed by atoms with Crippen molar-refractivity contribution in [3.8, 4) is 0 Å². The molecule has 1 aromatic carbocycles. The van der Waals surface area contributed by atoms with Gasteiger partial charge in [-0.2, -0.15) is 0 Å². The Morgan fingerprint density at radius 3 is 2.95 bits per heavy atom. The maximum absolute atomic E-state index is 6.20. The van der Waals surface area contributed by atoms with Gasteiger partial charge in [0, 0.05) is 11.7 Å². The topological polar surface area (TPSA) is 42.2 Å². The highest BCUT2D eigenvalue weighted by Gasteiger charge is 2.26. The zero-order chi connectivity index (χ0) is 13.4. The van der Waals surface area contributed by atoms with Gasteiger partial charge in [-0.3, -0.25) is 0 Å². The summed E-state index contributed by atoms with van der Waals surface area (Å²) >= 11 is 6.20. The van der Waals surface area contributed by atoms with Crippen LogP contribution in [0.25, 0.3) is 0 Å². The van der Waals surface area contributed by atoms with E-state index in [2.05, 4.69) is 41.1 Å². The minimum absolute atomic E-state index is 0.455. The molecule has 19 heavy (non-hydrogen) atoms. The fourth-order valence-electron chi connectivity index (χ4n) is 2.64. The van der Waals surface area contributed by atoms with E-state index in [1.54, 1.807) is 6.07 Å². The second-order valence-corrected chi connectivity index (χ2v) is 5.38. The first kappa shape index (κ1) is 12.3. The lowest BCUT2D eigenvalue weighted by molar-refractivity contribution is 0.665. The minimum Gasteiger partial charge on any atom is -0.384 e. The third kappa shape index (κ3) is 2.26. The summed E-state index contributed by atoms with van der Waals surface area (Å²) in [5.74, 6) is 0.513. The summed E-state index contributed by atoms with van der Waals surface area (Å²) < 4.78 is 0. The summed E-state index contributed by atoms with van der Waals surface area (Å²) in [6.45, 7) is 2.92. The van der Waals surface area contributed by atoms with Crippen LogP contribution in [0, 0.1) is 0 Å². The Kier molecular flexibility index (Phi) is 3.07.